The summed E-state index contributed by atoms with van der Waals surface area (Å²) in [6.07, 6.45) is 3.03. The molecule has 2 aliphatic rings. The van der Waals surface area contributed by atoms with Crippen molar-refractivity contribution in [2.75, 3.05) is 39.0 Å². The van der Waals surface area contributed by atoms with Gasteiger partial charge in [0.15, 0.2) is 5.17 Å². The number of urea groups is 1. The number of thioether (sulfide) groups is 1. The second-order valence-corrected chi connectivity index (χ2v) is 8.78. The molecule has 1 aromatic carbocycles. The van der Waals surface area contributed by atoms with Crippen LogP contribution >= 0.6 is 11.8 Å². The Kier molecular flexibility index (Phi) is 8.72. The molecular weight excluding hydrogens is 456 g/mol. The highest BCUT2D eigenvalue weighted by Crippen LogP contribution is 2.27. The molecule has 0 aromatic heterocycles. The third kappa shape index (κ3) is 5.78. The Morgan fingerprint density at radius 2 is 2.09 bits per heavy atom. The number of hydrazine groups is 1. The number of benzene rings is 1. The summed E-state index contributed by atoms with van der Waals surface area (Å²) >= 11 is 1.33. The van der Waals surface area contributed by atoms with Gasteiger partial charge in [0, 0.05) is 13.1 Å². The smallest absolute Gasteiger partial charge is 0.333 e. The van der Waals surface area contributed by atoms with Crippen molar-refractivity contribution >= 4 is 40.5 Å². The summed E-state index contributed by atoms with van der Waals surface area (Å²) in [6, 6.07) is 9.00. The number of hydrogen-bond acceptors (Lipinski definition) is 7. The van der Waals surface area contributed by atoms with Crippen LogP contribution < -0.4 is 11.1 Å². The van der Waals surface area contributed by atoms with Crippen LogP contribution in [0, 0.1) is 11.3 Å². The van der Waals surface area contributed by atoms with Gasteiger partial charge in [-0.25, -0.2) is 14.8 Å². The van der Waals surface area contributed by atoms with Crippen molar-refractivity contribution in [3.63, 3.8) is 0 Å². The highest BCUT2D eigenvalue weighted by molar-refractivity contribution is 8.13. The fourth-order valence-electron chi connectivity index (χ4n) is 3.93. The molecule has 0 radical (unpaired) electrons. The fraction of sp³-hybridized carbons (Fsp3) is 0.500. The van der Waals surface area contributed by atoms with Crippen molar-refractivity contribution in [3.05, 3.63) is 29.8 Å². The number of nitrogens with one attached hydrogen (secondary N) is 1. The molecule has 182 valence electrons. The molecule has 11 nitrogen and oxygen atoms in total. The van der Waals surface area contributed by atoms with Gasteiger partial charge in [-0.05, 0) is 24.3 Å². The van der Waals surface area contributed by atoms with Gasteiger partial charge in [0.25, 0.3) is 0 Å². The number of unbranched alkanes of at least 4 members (excludes halogenated alkanes) is 1. The largest absolute Gasteiger partial charge is 0.378 e. The minimum Gasteiger partial charge on any atom is -0.378 e. The summed E-state index contributed by atoms with van der Waals surface area (Å²) in [4.78, 5) is 45.9. The van der Waals surface area contributed by atoms with Crippen molar-refractivity contribution in [1.29, 1.82) is 5.26 Å². The van der Waals surface area contributed by atoms with E-state index in [-0.39, 0.29) is 44.5 Å². The van der Waals surface area contributed by atoms with Crippen molar-refractivity contribution in [1.82, 2.24) is 25.1 Å². The number of fused-ring (bicyclic) bond motifs is 1. The lowest BCUT2D eigenvalue weighted by Gasteiger charge is -2.42. The second-order valence-electron chi connectivity index (χ2n) is 7.96. The number of nitrogens with two attached hydrogens (primary N) is 1. The first-order valence-corrected chi connectivity index (χ1v) is 12.3. The van der Waals surface area contributed by atoms with E-state index in [0.717, 1.165) is 18.4 Å². The quantitative estimate of drug-likeness (QED) is 0.242. The lowest BCUT2D eigenvalue weighted by molar-refractivity contribution is -0.149. The minimum absolute atomic E-state index is 0.0696. The van der Waals surface area contributed by atoms with E-state index in [2.05, 4.69) is 10.3 Å². The van der Waals surface area contributed by atoms with Gasteiger partial charge in [-0.1, -0.05) is 43.3 Å². The Morgan fingerprint density at radius 3 is 2.79 bits per heavy atom. The second kappa shape index (κ2) is 11.7. The van der Waals surface area contributed by atoms with Gasteiger partial charge in [-0.15, -0.1) is 0 Å². The Labute approximate surface area is 203 Å². The number of nitrogens with zero attached hydrogens (tertiary/aromatic N) is 6. The van der Waals surface area contributed by atoms with Crippen molar-refractivity contribution in [2.24, 2.45) is 10.7 Å². The predicted molar refractivity (Wildman–Crippen MR) is 129 cm³/mol. The summed E-state index contributed by atoms with van der Waals surface area (Å²) < 4.78 is 0. The molecule has 2 fully saturated rings. The number of hydrogen-bond donors (Lipinski definition) is 2. The SMILES string of the molecule is CCCCNC(=O)N(CC#N)N1CC(=O)N2CC(=O)N(Cc3ccccc3/N=C(/N)SC)C[C@@H]21. The molecule has 0 bridgehead atoms. The molecule has 1 aromatic rings. The zero-order valence-corrected chi connectivity index (χ0v) is 20.3. The number of nitriles is 1. The lowest BCUT2D eigenvalue weighted by atomic mass is 10.1. The van der Waals surface area contributed by atoms with Crippen LogP contribution in [-0.2, 0) is 16.1 Å². The Bertz CT molecular complexity index is 995. The van der Waals surface area contributed by atoms with Crippen LogP contribution in [0.2, 0.25) is 0 Å². The van der Waals surface area contributed by atoms with Crippen LogP contribution in [-0.4, -0.2) is 88.0 Å². The van der Waals surface area contributed by atoms with E-state index in [9.17, 15) is 19.6 Å². The molecule has 2 saturated heterocycles. The van der Waals surface area contributed by atoms with Gasteiger partial charge in [0.05, 0.1) is 24.8 Å². The average Bonchev–Trinajstić information content (AvgIpc) is 3.13. The van der Waals surface area contributed by atoms with Gasteiger partial charge in [0.1, 0.15) is 19.3 Å². The molecule has 3 rings (SSSR count). The lowest BCUT2D eigenvalue weighted by Crippen LogP contribution is -2.62. The average molecular weight is 487 g/mol. The van der Waals surface area contributed by atoms with Crippen LogP contribution in [0.3, 0.4) is 0 Å². The molecule has 0 spiro atoms. The highest BCUT2D eigenvalue weighted by atomic mass is 32.2. The van der Waals surface area contributed by atoms with Crippen molar-refractivity contribution in [3.8, 4) is 6.07 Å². The number of carbonyl (C=O) groups is 3. The Balaban J connectivity index is 1.80. The fourth-order valence-corrected chi connectivity index (χ4v) is 4.11. The Hall–Kier alpha value is -3.30. The number of para-hydroxylation sites is 1. The Morgan fingerprint density at radius 1 is 1.32 bits per heavy atom. The van der Waals surface area contributed by atoms with Crippen LogP contribution in [0.15, 0.2) is 29.3 Å². The molecule has 4 amide bonds. The van der Waals surface area contributed by atoms with Gasteiger partial charge >= 0.3 is 6.03 Å². The maximum Gasteiger partial charge on any atom is 0.333 e. The molecule has 12 heteroatoms. The summed E-state index contributed by atoms with van der Waals surface area (Å²) in [6.45, 7) is 2.63. The van der Waals surface area contributed by atoms with E-state index in [0.29, 0.717) is 17.4 Å². The standard InChI is InChI=1S/C22H30N8O3S/c1-3-4-10-25-22(33)29(11-9-23)30-15-20(32)28-14-19(31)27(13-18(28)30)12-16-7-5-6-8-17(16)26-21(24)34-2/h5-8,18H,3-4,10-15H2,1-2H3,(H2,24,26)(H,25,33)/t18-/m0/s1. The number of piperazine rings is 1. The van der Waals surface area contributed by atoms with Crippen LogP contribution in [0.1, 0.15) is 25.3 Å². The zero-order chi connectivity index (χ0) is 24.7. The molecule has 0 aliphatic carbocycles. The third-order valence-corrected chi connectivity index (χ3v) is 6.24. The van der Waals surface area contributed by atoms with Crippen LogP contribution in [0.4, 0.5) is 10.5 Å². The maximum absolute atomic E-state index is 12.9. The monoisotopic (exact) mass is 486 g/mol. The molecule has 2 heterocycles. The maximum atomic E-state index is 12.9. The topological polar surface area (TPSA) is 138 Å². The molecule has 3 N–H and O–H groups in total. The molecule has 0 unspecified atom stereocenters. The van der Waals surface area contributed by atoms with E-state index < -0.39 is 12.2 Å². The molecule has 0 saturated carbocycles. The number of rotatable bonds is 8. The van der Waals surface area contributed by atoms with Gasteiger partial charge in [-0.3, -0.25) is 9.59 Å². The van der Waals surface area contributed by atoms with Gasteiger partial charge < -0.3 is 20.9 Å². The minimum atomic E-state index is -0.539. The number of amides is 4. The van der Waals surface area contributed by atoms with Crippen LogP contribution in [0.5, 0.6) is 0 Å². The molecule has 1 atom stereocenters. The zero-order valence-electron chi connectivity index (χ0n) is 19.4. The van der Waals surface area contributed by atoms with Crippen LogP contribution in [0.25, 0.3) is 0 Å². The van der Waals surface area contributed by atoms with Gasteiger partial charge in [0.2, 0.25) is 11.8 Å². The first kappa shape index (κ1) is 25.3. The van der Waals surface area contributed by atoms with Crippen molar-refractivity contribution < 1.29 is 14.4 Å². The van der Waals surface area contributed by atoms with Gasteiger partial charge in [-0.2, -0.15) is 10.3 Å². The molecular formula is C22H30N8O3S. The summed E-state index contributed by atoms with van der Waals surface area (Å²) in [7, 11) is 0. The molecule has 34 heavy (non-hydrogen) atoms. The van der Waals surface area contributed by atoms with E-state index in [1.165, 1.54) is 21.7 Å². The van der Waals surface area contributed by atoms with Crippen molar-refractivity contribution in [2.45, 2.75) is 32.5 Å². The molecule has 2 aliphatic heterocycles. The third-order valence-electron chi connectivity index (χ3n) is 5.73. The highest BCUT2D eigenvalue weighted by Gasteiger charge is 2.47. The first-order chi connectivity index (χ1) is 16.4. The van der Waals surface area contributed by atoms with E-state index in [1.807, 2.05) is 43.5 Å². The van der Waals surface area contributed by atoms with E-state index in [1.54, 1.807) is 9.91 Å². The summed E-state index contributed by atoms with van der Waals surface area (Å²) in [5.41, 5.74) is 7.38. The predicted octanol–water partition coefficient (Wildman–Crippen LogP) is 1.06. The summed E-state index contributed by atoms with van der Waals surface area (Å²) in [5, 5.41) is 15.4. The number of amidine groups is 1. The normalized spacial score (nSPS) is 18.6. The number of carbonyl (C=O) groups excluding carboxylic acids is 3. The first-order valence-electron chi connectivity index (χ1n) is 11.1. The number of aliphatic imine (C=N–C) groups is 1. The van der Waals surface area contributed by atoms with E-state index in [4.69, 9.17) is 5.73 Å². The van der Waals surface area contributed by atoms with E-state index >= 15 is 0 Å². The summed E-state index contributed by atoms with van der Waals surface area (Å²) in [5.74, 6) is -0.442.